The number of hydrogen-bond acceptors (Lipinski definition) is 5. The van der Waals surface area contributed by atoms with Gasteiger partial charge in [0.05, 0.1) is 0 Å². The highest BCUT2D eigenvalue weighted by molar-refractivity contribution is 5.80. The Balaban J connectivity index is 1.76. The second kappa shape index (κ2) is 7.07. The van der Waals surface area contributed by atoms with Crippen molar-refractivity contribution in [2.45, 2.75) is 33.1 Å². The summed E-state index contributed by atoms with van der Waals surface area (Å²) in [6, 6.07) is 1.89. The number of carbonyl (C=O) groups is 1. The summed E-state index contributed by atoms with van der Waals surface area (Å²) < 4.78 is 0. The van der Waals surface area contributed by atoms with Crippen molar-refractivity contribution in [3.8, 4) is 0 Å². The van der Waals surface area contributed by atoms with Gasteiger partial charge in [-0.25, -0.2) is 9.97 Å². The number of nitrogens with one attached hydrogen (secondary N) is 3. The summed E-state index contributed by atoms with van der Waals surface area (Å²) in [7, 11) is 0. The Bertz CT molecular complexity index is 459. The minimum Gasteiger partial charge on any atom is -0.370 e. The Labute approximate surface area is 119 Å². The molecule has 1 amide bonds. The zero-order valence-electron chi connectivity index (χ0n) is 12.2. The number of anilines is 2. The van der Waals surface area contributed by atoms with Crippen molar-refractivity contribution >= 4 is 17.5 Å². The van der Waals surface area contributed by atoms with Gasteiger partial charge in [-0.3, -0.25) is 4.79 Å². The molecule has 0 aromatic carbocycles. The van der Waals surface area contributed by atoms with Crippen LogP contribution in [0.5, 0.6) is 0 Å². The first-order valence-corrected chi connectivity index (χ1v) is 7.30. The molecular weight excluding hydrogens is 254 g/mol. The molecule has 1 aliphatic rings. The molecule has 6 nitrogen and oxygen atoms in total. The van der Waals surface area contributed by atoms with Gasteiger partial charge < -0.3 is 16.0 Å². The van der Waals surface area contributed by atoms with Crippen molar-refractivity contribution in [3.63, 3.8) is 0 Å². The second-order valence-electron chi connectivity index (χ2n) is 5.10. The first-order valence-electron chi connectivity index (χ1n) is 7.30. The van der Waals surface area contributed by atoms with Crippen molar-refractivity contribution in [2.24, 2.45) is 5.92 Å². The lowest BCUT2D eigenvalue weighted by atomic mass is 10.4. The standard InChI is InChI=1S/C14H23N5O/c1-3-6-15-12-9-13(19-10(2)18-12)16-7-8-17-14(20)11-4-5-11/h9,11H,3-8H2,1-2H3,(H,17,20)(H2,15,16,18,19). The molecule has 2 rings (SSSR count). The maximum atomic E-state index is 11.5. The van der Waals surface area contributed by atoms with Crippen molar-refractivity contribution < 1.29 is 4.79 Å². The van der Waals surface area contributed by atoms with Gasteiger partial charge in [-0.15, -0.1) is 0 Å². The molecule has 1 aromatic rings. The molecule has 1 fully saturated rings. The van der Waals surface area contributed by atoms with Crippen LogP contribution in [-0.2, 0) is 4.79 Å². The van der Waals surface area contributed by atoms with Crippen molar-refractivity contribution in [1.29, 1.82) is 0 Å². The predicted molar refractivity (Wildman–Crippen MR) is 79.8 cm³/mol. The van der Waals surface area contributed by atoms with E-state index >= 15 is 0 Å². The molecule has 1 aliphatic carbocycles. The molecule has 0 unspecified atom stereocenters. The van der Waals surface area contributed by atoms with Crippen LogP contribution in [0.25, 0.3) is 0 Å². The van der Waals surface area contributed by atoms with E-state index in [0.29, 0.717) is 13.1 Å². The summed E-state index contributed by atoms with van der Waals surface area (Å²) in [4.78, 5) is 20.1. The lowest BCUT2D eigenvalue weighted by Crippen LogP contribution is -2.30. The van der Waals surface area contributed by atoms with Crippen LogP contribution in [0.1, 0.15) is 32.0 Å². The number of aromatic nitrogens is 2. The average Bonchev–Trinajstić information content (AvgIpc) is 3.25. The minimum absolute atomic E-state index is 0.177. The molecule has 20 heavy (non-hydrogen) atoms. The quantitative estimate of drug-likeness (QED) is 0.628. The zero-order chi connectivity index (χ0) is 14.4. The van der Waals surface area contributed by atoms with E-state index in [1.54, 1.807) is 0 Å². The van der Waals surface area contributed by atoms with E-state index in [-0.39, 0.29) is 11.8 Å². The lowest BCUT2D eigenvalue weighted by Gasteiger charge is -2.10. The summed E-state index contributed by atoms with van der Waals surface area (Å²) in [6.07, 6.45) is 3.13. The van der Waals surface area contributed by atoms with Gasteiger partial charge in [-0.1, -0.05) is 6.92 Å². The fourth-order valence-electron chi connectivity index (χ4n) is 1.87. The lowest BCUT2D eigenvalue weighted by molar-refractivity contribution is -0.122. The van der Waals surface area contributed by atoms with Crippen LogP contribution >= 0.6 is 0 Å². The Kier molecular flexibility index (Phi) is 5.15. The predicted octanol–water partition coefficient (Wildman–Crippen LogP) is 1.55. The first kappa shape index (κ1) is 14.6. The SMILES string of the molecule is CCCNc1cc(NCCNC(=O)C2CC2)nc(C)n1. The largest absolute Gasteiger partial charge is 0.370 e. The monoisotopic (exact) mass is 277 g/mol. The molecule has 0 saturated heterocycles. The fourth-order valence-corrected chi connectivity index (χ4v) is 1.87. The molecule has 0 spiro atoms. The van der Waals surface area contributed by atoms with Gasteiger partial charge in [0.25, 0.3) is 0 Å². The molecule has 0 atom stereocenters. The topological polar surface area (TPSA) is 78.9 Å². The van der Waals surface area contributed by atoms with Crippen LogP contribution in [0.3, 0.4) is 0 Å². The summed E-state index contributed by atoms with van der Waals surface area (Å²) in [5.74, 6) is 2.80. The van der Waals surface area contributed by atoms with Gasteiger partial charge in [-0.05, 0) is 26.2 Å². The zero-order valence-corrected chi connectivity index (χ0v) is 12.2. The number of nitrogens with zero attached hydrogens (tertiary/aromatic N) is 2. The van der Waals surface area contributed by atoms with Gasteiger partial charge in [0.2, 0.25) is 5.91 Å². The summed E-state index contributed by atoms with van der Waals surface area (Å²) in [5, 5.41) is 9.38. The fraction of sp³-hybridized carbons (Fsp3) is 0.643. The molecule has 0 radical (unpaired) electrons. The third-order valence-electron chi connectivity index (χ3n) is 3.07. The number of rotatable bonds is 8. The highest BCUT2D eigenvalue weighted by Gasteiger charge is 2.28. The van der Waals surface area contributed by atoms with Crippen molar-refractivity contribution in [1.82, 2.24) is 15.3 Å². The van der Waals surface area contributed by atoms with Gasteiger partial charge in [0.15, 0.2) is 0 Å². The average molecular weight is 277 g/mol. The van der Waals surface area contributed by atoms with Crippen molar-refractivity contribution in [2.75, 3.05) is 30.3 Å². The molecule has 110 valence electrons. The third kappa shape index (κ3) is 4.68. The Morgan fingerprint density at radius 3 is 2.45 bits per heavy atom. The van der Waals surface area contributed by atoms with Crippen LogP contribution < -0.4 is 16.0 Å². The first-order chi connectivity index (χ1) is 9.69. The van der Waals surface area contributed by atoms with Crippen LogP contribution in [0.2, 0.25) is 0 Å². The molecule has 3 N–H and O–H groups in total. The minimum atomic E-state index is 0.177. The number of amides is 1. The van der Waals surface area contributed by atoms with E-state index in [9.17, 15) is 4.79 Å². The van der Waals surface area contributed by atoms with Gasteiger partial charge >= 0.3 is 0 Å². The van der Waals surface area contributed by atoms with Crippen LogP contribution in [-0.4, -0.2) is 35.5 Å². The van der Waals surface area contributed by atoms with E-state index < -0.39 is 0 Å². The third-order valence-corrected chi connectivity index (χ3v) is 3.07. The Morgan fingerprint density at radius 1 is 1.20 bits per heavy atom. The molecular formula is C14H23N5O. The molecule has 1 saturated carbocycles. The Morgan fingerprint density at radius 2 is 1.85 bits per heavy atom. The summed E-state index contributed by atoms with van der Waals surface area (Å²) in [6.45, 7) is 6.17. The normalized spacial score (nSPS) is 13.9. The van der Waals surface area contributed by atoms with Crippen molar-refractivity contribution in [3.05, 3.63) is 11.9 Å². The van der Waals surface area contributed by atoms with E-state index in [4.69, 9.17) is 0 Å². The second-order valence-corrected chi connectivity index (χ2v) is 5.10. The smallest absolute Gasteiger partial charge is 0.223 e. The maximum absolute atomic E-state index is 11.5. The van der Waals surface area contributed by atoms with Gasteiger partial charge in [0.1, 0.15) is 17.5 Å². The highest BCUT2D eigenvalue weighted by atomic mass is 16.2. The Hall–Kier alpha value is -1.85. The van der Waals surface area contributed by atoms with Gasteiger partial charge in [0, 0.05) is 31.6 Å². The van der Waals surface area contributed by atoms with E-state index in [0.717, 1.165) is 43.3 Å². The number of aryl methyl sites for hydroxylation is 1. The van der Waals surface area contributed by atoms with E-state index in [1.807, 2.05) is 13.0 Å². The summed E-state index contributed by atoms with van der Waals surface area (Å²) >= 11 is 0. The van der Waals surface area contributed by atoms with Crippen LogP contribution in [0.15, 0.2) is 6.07 Å². The number of hydrogen-bond donors (Lipinski definition) is 3. The maximum Gasteiger partial charge on any atom is 0.223 e. The van der Waals surface area contributed by atoms with Crippen LogP contribution in [0.4, 0.5) is 11.6 Å². The molecule has 1 aromatic heterocycles. The van der Waals surface area contributed by atoms with Crippen LogP contribution in [0, 0.1) is 12.8 Å². The van der Waals surface area contributed by atoms with E-state index in [2.05, 4.69) is 32.8 Å². The molecule has 6 heteroatoms. The van der Waals surface area contributed by atoms with E-state index in [1.165, 1.54) is 0 Å². The molecule has 0 aliphatic heterocycles. The molecule has 1 heterocycles. The molecule has 0 bridgehead atoms. The summed E-state index contributed by atoms with van der Waals surface area (Å²) in [5.41, 5.74) is 0. The number of carbonyl (C=O) groups excluding carboxylic acids is 1. The highest BCUT2D eigenvalue weighted by Crippen LogP contribution is 2.28. The van der Waals surface area contributed by atoms with Gasteiger partial charge in [-0.2, -0.15) is 0 Å².